The highest BCUT2D eigenvalue weighted by Crippen LogP contribution is 2.38. The summed E-state index contributed by atoms with van der Waals surface area (Å²) >= 11 is 1.53. The zero-order valence-corrected chi connectivity index (χ0v) is 17.4. The number of ether oxygens (including phenoxy) is 2. The lowest BCUT2D eigenvalue weighted by atomic mass is 10.1. The van der Waals surface area contributed by atoms with Crippen LogP contribution in [0.1, 0.15) is 44.6 Å². The van der Waals surface area contributed by atoms with Gasteiger partial charge in [0.15, 0.2) is 5.79 Å². The molecule has 152 valence electrons. The van der Waals surface area contributed by atoms with Gasteiger partial charge in [-0.1, -0.05) is 18.9 Å². The Kier molecular flexibility index (Phi) is 4.83. The number of aromatic nitrogens is 2. The van der Waals surface area contributed by atoms with Crippen molar-refractivity contribution in [3.05, 3.63) is 23.7 Å². The van der Waals surface area contributed by atoms with Gasteiger partial charge in [0.05, 0.1) is 24.1 Å². The molecule has 9 heteroatoms. The first-order valence-electron chi connectivity index (χ1n) is 9.99. The van der Waals surface area contributed by atoms with Crippen molar-refractivity contribution >= 4 is 21.4 Å². The number of thiophene rings is 1. The molecule has 28 heavy (non-hydrogen) atoms. The maximum absolute atomic E-state index is 13.5. The SMILES string of the molecule is O=S(=O)(c1cn(C2CCCC2)nc1-c1cccs1)N1CCC2(CC1)OCCO2. The highest BCUT2D eigenvalue weighted by Gasteiger charge is 2.43. The molecule has 1 saturated carbocycles. The number of nitrogens with zero attached hydrogens (tertiary/aromatic N) is 3. The monoisotopic (exact) mass is 423 g/mol. The van der Waals surface area contributed by atoms with Crippen molar-refractivity contribution in [1.29, 1.82) is 0 Å². The van der Waals surface area contributed by atoms with Gasteiger partial charge in [-0.3, -0.25) is 4.68 Å². The van der Waals surface area contributed by atoms with Crippen LogP contribution in [0.15, 0.2) is 28.6 Å². The summed E-state index contributed by atoms with van der Waals surface area (Å²) in [5.74, 6) is -0.587. The van der Waals surface area contributed by atoms with Crippen LogP contribution in [-0.4, -0.2) is 54.6 Å². The predicted molar refractivity (Wildman–Crippen MR) is 106 cm³/mol. The number of rotatable bonds is 4. The van der Waals surface area contributed by atoms with Crippen LogP contribution in [-0.2, 0) is 19.5 Å². The molecule has 7 nitrogen and oxygen atoms in total. The number of hydrogen-bond donors (Lipinski definition) is 0. The molecule has 0 N–H and O–H groups in total. The summed E-state index contributed by atoms with van der Waals surface area (Å²) in [5.41, 5.74) is 0.579. The third-order valence-electron chi connectivity index (χ3n) is 6.07. The molecule has 2 aromatic rings. The van der Waals surface area contributed by atoms with Crippen molar-refractivity contribution in [2.75, 3.05) is 26.3 Å². The molecule has 5 rings (SSSR count). The molecule has 4 heterocycles. The van der Waals surface area contributed by atoms with Gasteiger partial charge in [0.2, 0.25) is 10.0 Å². The topological polar surface area (TPSA) is 73.7 Å². The summed E-state index contributed by atoms with van der Waals surface area (Å²) in [6.45, 7) is 1.98. The van der Waals surface area contributed by atoms with E-state index in [0.29, 0.717) is 55.8 Å². The fourth-order valence-corrected chi connectivity index (χ4v) is 6.86. The molecule has 0 aromatic carbocycles. The van der Waals surface area contributed by atoms with Gasteiger partial charge < -0.3 is 9.47 Å². The van der Waals surface area contributed by atoms with Crippen molar-refractivity contribution in [1.82, 2.24) is 14.1 Å². The zero-order valence-electron chi connectivity index (χ0n) is 15.7. The molecular weight excluding hydrogens is 398 g/mol. The summed E-state index contributed by atoms with van der Waals surface area (Å²) in [4.78, 5) is 1.22. The average molecular weight is 424 g/mol. The second kappa shape index (κ2) is 7.21. The van der Waals surface area contributed by atoms with E-state index < -0.39 is 15.8 Å². The van der Waals surface area contributed by atoms with E-state index in [0.717, 1.165) is 17.7 Å². The van der Waals surface area contributed by atoms with E-state index in [2.05, 4.69) is 0 Å². The van der Waals surface area contributed by atoms with Crippen LogP contribution in [0.5, 0.6) is 0 Å². The third kappa shape index (κ3) is 3.23. The lowest BCUT2D eigenvalue weighted by molar-refractivity contribution is -0.179. The van der Waals surface area contributed by atoms with Crippen LogP contribution >= 0.6 is 11.3 Å². The molecule has 2 aliphatic heterocycles. The van der Waals surface area contributed by atoms with Gasteiger partial charge in [-0.05, 0) is 24.3 Å². The van der Waals surface area contributed by atoms with Crippen LogP contribution in [0.3, 0.4) is 0 Å². The molecule has 2 aromatic heterocycles. The fraction of sp³-hybridized carbons (Fsp3) is 0.632. The van der Waals surface area contributed by atoms with Crippen LogP contribution in [0.4, 0.5) is 0 Å². The van der Waals surface area contributed by atoms with Crippen LogP contribution in [0.2, 0.25) is 0 Å². The van der Waals surface area contributed by atoms with E-state index in [1.54, 1.807) is 10.5 Å². The van der Waals surface area contributed by atoms with Crippen molar-refractivity contribution in [3.8, 4) is 10.6 Å². The van der Waals surface area contributed by atoms with Crippen LogP contribution in [0, 0.1) is 0 Å². The number of hydrogen-bond acceptors (Lipinski definition) is 6. The molecule has 0 atom stereocenters. The minimum absolute atomic E-state index is 0.299. The molecular formula is C19H25N3O4S2. The highest BCUT2D eigenvalue weighted by atomic mass is 32.2. The third-order valence-corrected chi connectivity index (χ3v) is 8.84. The summed E-state index contributed by atoms with van der Waals surface area (Å²) in [7, 11) is -3.63. The average Bonchev–Trinajstić information content (AvgIpc) is 3.47. The van der Waals surface area contributed by atoms with Gasteiger partial charge in [-0.25, -0.2) is 8.42 Å². The Morgan fingerprint density at radius 2 is 1.86 bits per heavy atom. The first-order valence-corrected chi connectivity index (χ1v) is 12.3. The molecule has 1 aliphatic carbocycles. The summed E-state index contributed by atoms with van der Waals surface area (Å²) < 4.78 is 42.0. The highest BCUT2D eigenvalue weighted by molar-refractivity contribution is 7.89. The first-order chi connectivity index (χ1) is 13.6. The summed E-state index contributed by atoms with van der Waals surface area (Å²) in [6.07, 6.45) is 7.37. The summed E-state index contributed by atoms with van der Waals surface area (Å²) in [6, 6.07) is 4.17. The summed E-state index contributed by atoms with van der Waals surface area (Å²) in [5, 5.41) is 6.70. The molecule has 0 bridgehead atoms. The zero-order chi connectivity index (χ0) is 19.2. The van der Waals surface area contributed by atoms with Gasteiger partial charge in [0.1, 0.15) is 10.6 Å². The smallest absolute Gasteiger partial charge is 0.246 e. The molecule has 0 radical (unpaired) electrons. The number of sulfonamides is 1. The van der Waals surface area contributed by atoms with E-state index in [1.165, 1.54) is 24.2 Å². The van der Waals surface area contributed by atoms with E-state index in [1.807, 2.05) is 22.2 Å². The second-order valence-electron chi connectivity index (χ2n) is 7.75. The Bertz CT molecular complexity index is 917. The first kappa shape index (κ1) is 18.7. The molecule has 2 saturated heterocycles. The van der Waals surface area contributed by atoms with Gasteiger partial charge >= 0.3 is 0 Å². The maximum atomic E-state index is 13.5. The van der Waals surface area contributed by atoms with Crippen molar-refractivity contribution < 1.29 is 17.9 Å². The quantitative estimate of drug-likeness (QED) is 0.755. The predicted octanol–water partition coefficient (Wildman–Crippen LogP) is 3.25. The fourth-order valence-electron chi connectivity index (χ4n) is 4.50. The van der Waals surface area contributed by atoms with Gasteiger partial charge in [0, 0.05) is 32.1 Å². The van der Waals surface area contributed by atoms with Crippen molar-refractivity contribution in [3.63, 3.8) is 0 Å². The van der Waals surface area contributed by atoms with Crippen LogP contribution in [0.25, 0.3) is 10.6 Å². The Balaban J connectivity index is 1.47. The lowest BCUT2D eigenvalue weighted by Gasteiger charge is -2.36. The Morgan fingerprint density at radius 1 is 1.14 bits per heavy atom. The maximum Gasteiger partial charge on any atom is 0.246 e. The second-order valence-corrected chi connectivity index (χ2v) is 10.6. The van der Waals surface area contributed by atoms with Crippen LogP contribution < -0.4 is 0 Å². The Morgan fingerprint density at radius 3 is 2.50 bits per heavy atom. The lowest BCUT2D eigenvalue weighted by Crippen LogP contribution is -2.47. The van der Waals surface area contributed by atoms with Gasteiger partial charge in [-0.2, -0.15) is 9.40 Å². The van der Waals surface area contributed by atoms with E-state index in [4.69, 9.17) is 14.6 Å². The van der Waals surface area contributed by atoms with Gasteiger partial charge in [0.25, 0.3) is 0 Å². The van der Waals surface area contributed by atoms with E-state index in [9.17, 15) is 8.42 Å². The Hall–Kier alpha value is -1.26. The number of piperidine rings is 1. The van der Waals surface area contributed by atoms with Crippen molar-refractivity contribution in [2.45, 2.75) is 55.2 Å². The molecule has 3 aliphatic rings. The Labute approximate surface area is 169 Å². The largest absolute Gasteiger partial charge is 0.347 e. The minimum atomic E-state index is -3.63. The van der Waals surface area contributed by atoms with Crippen molar-refractivity contribution in [2.24, 2.45) is 0 Å². The molecule has 3 fully saturated rings. The standard InChI is InChI=1S/C19H25N3O4S2/c23-28(24,21-9-7-19(8-10-21)25-11-12-26-19)17-14-22(15-4-1-2-5-15)20-18(17)16-6-3-13-27-16/h3,6,13-15H,1-2,4-5,7-12H2. The molecule has 0 unspecified atom stereocenters. The normalized spacial score (nSPS) is 23.7. The molecule has 1 spiro atoms. The van der Waals surface area contributed by atoms with Gasteiger partial charge in [-0.15, -0.1) is 11.3 Å². The minimum Gasteiger partial charge on any atom is -0.347 e. The van der Waals surface area contributed by atoms with E-state index >= 15 is 0 Å². The van der Waals surface area contributed by atoms with E-state index in [-0.39, 0.29) is 0 Å². The molecule has 0 amide bonds.